The molecule has 1 amide bonds. The highest BCUT2D eigenvalue weighted by Crippen LogP contribution is 2.35. The maximum absolute atomic E-state index is 11.9. The summed E-state index contributed by atoms with van der Waals surface area (Å²) in [4.78, 5) is 13.7. The van der Waals surface area contributed by atoms with E-state index in [-0.39, 0.29) is 24.2 Å². The molecule has 5 nitrogen and oxygen atoms in total. The highest BCUT2D eigenvalue weighted by atomic mass is 16.6. The zero-order valence-electron chi connectivity index (χ0n) is 12.1. The molecule has 19 heavy (non-hydrogen) atoms. The third-order valence-corrected chi connectivity index (χ3v) is 4.25. The third-order valence-electron chi connectivity index (χ3n) is 4.25. The van der Waals surface area contributed by atoms with Gasteiger partial charge in [0.2, 0.25) is 5.91 Å². The van der Waals surface area contributed by atoms with Crippen LogP contribution in [0.3, 0.4) is 0 Å². The Kier molecular flexibility index (Phi) is 5.19. The van der Waals surface area contributed by atoms with E-state index >= 15 is 0 Å². The maximum Gasteiger partial charge on any atom is 0.248 e. The number of nitrogens with zero attached hydrogens (tertiary/aromatic N) is 1. The second kappa shape index (κ2) is 6.68. The van der Waals surface area contributed by atoms with Gasteiger partial charge in [-0.25, -0.2) is 0 Å². The SMILES string of the molecule is CCN(CC)C(=O)COC1COC2(CCNCC2)C1. The van der Waals surface area contributed by atoms with Gasteiger partial charge in [-0.2, -0.15) is 0 Å². The molecule has 5 heteroatoms. The zero-order valence-corrected chi connectivity index (χ0v) is 12.1. The maximum atomic E-state index is 11.9. The van der Waals surface area contributed by atoms with Gasteiger partial charge in [0, 0.05) is 19.5 Å². The fourth-order valence-corrected chi connectivity index (χ4v) is 3.00. The minimum absolute atomic E-state index is 0.00810. The number of nitrogens with one attached hydrogen (secondary N) is 1. The monoisotopic (exact) mass is 270 g/mol. The molecular formula is C14H26N2O3. The lowest BCUT2D eigenvalue weighted by Gasteiger charge is -2.32. The number of amides is 1. The first-order valence-electron chi connectivity index (χ1n) is 7.43. The van der Waals surface area contributed by atoms with Crippen LogP contribution in [0.5, 0.6) is 0 Å². The number of hydrogen-bond acceptors (Lipinski definition) is 4. The largest absolute Gasteiger partial charge is 0.372 e. The molecule has 2 heterocycles. The van der Waals surface area contributed by atoms with Gasteiger partial charge >= 0.3 is 0 Å². The van der Waals surface area contributed by atoms with Crippen molar-refractivity contribution in [1.82, 2.24) is 10.2 Å². The Bertz CT molecular complexity index is 299. The topological polar surface area (TPSA) is 50.8 Å². The summed E-state index contributed by atoms with van der Waals surface area (Å²) < 4.78 is 11.7. The van der Waals surface area contributed by atoms with Gasteiger partial charge in [0.25, 0.3) is 0 Å². The van der Waals surface area contributed by atoms with Crippen LogP contribution in [-0.4, -0.2) is 61.9 Å². The first-order valence-corrected chi connectivity index (χ1v) is 7.43. The molecule has 1 atom stereocenters. The quantitative estimate of drug-likeness (QED) is 0.802. The van der Waals surface area contributed by atoms with Crippen molar-refractivity contribution >= 4 is 5.91 Å². The van der Waals surface area contributed by atoms with Crippen LogP contribution in [-0.2, 0) is 14.3 Å². The van der Waals surface area contributed by atoms with Crippen LogP contribution in [0, 0.1) is 0 Å². The lowest BCUT2D eigenvalue weighted by Crippen LogP contribution is -2.41. The van der Waals surface area contributed by atoms with E-state index in [1.165, 1.54) is 0 Å². The number of hydrogen-bond donors (Lipinski definition) is 1. The van der Waals surface area contributed by atoms with Crippen molar-refractivity contribution in [3.63, 3.8) is 0 Å². The van der Waals surface area contributed by atoms with Crippen LogP contribution in [0.25, 0.3) is 0 Å². The second-order valence-corrected chi connectivity index (χ2v) is 5.45. The number of ether oxygens (including phenoxy) is 2. The molecule has 0 aliphatic carbocycles. The molecule has 0 aromatic carbocycles. The molecule has 2 rings (SSSR count). The lowest BCUT2D eigenvalue weighted by atomic mass is 9.89. The smallest absolute Gasteiger partial charge is 0.248 e. The molecule has 0 aromatic heterocycles. The van der Waals surface area contributed by atoms with Gasteiger partial charge in [-0.15, -0.1) is 0 Å². The molecule has 2 aliphatic heterocycles. The van der Waals surface area contributed by atoms with Crippen molar-refractivity contribution in [2.45, 2.75) is 44.8 Å². The number of rotatable bonds is 5. The summed E-state index contributed by atoms with van der Waals surface area (Å²) in [5, 5.41) is 3.35. The minimum Gasteiger partial charge on any atom is -0.372 e. The van der Waals surface area contributed by atoms with E-state index in [0.717, 1.165) is 45.4 Å². The van der Waals surface area contributed by atoms with E-state index in [0.29, 0.717) is 6.61 Å². The van der Waals surface area contributed by atoms with Gasteiger partial charge in [0.15, 0.2) is 0 Å². The summed E-state index contributed by atoms with van der Waals surface area (Å²) in [5.74, 6) is 0.0799. The van der Waals surface area contributed by atoms with Gasteiger partial charge in [-0.3, -0.25) is 4.79 Å². The molecular weight excluding hydrogens is 244 g/mol. The fraction of sp³-hybridized carbons (Fsp3) is 0.929. The summed E-state index contributed by atoms with van der Waals surface area (Å²) in [7, 11) is 0. The van der Waals surface area contributed by atoms with Crippen LogP contribution in [0.4, 0.5) is 0 Å². The van der Waals surface area contributed by atoms with Crippen molar-refractivity contribution < 1.29 is 14.3 Å². The minimum atomic E-state index is 0.00810. The third kappa shape index (κ3) is 3.68. The lowest BCUT2D eigenvalue weighted by molar-refractivity contribution is -0.137. The molecule has 0 bridgehead atoms. The van der Waals surface area contributed by atoms with E-state index in [4.69, 9.17) is 9.47 Å². The normalized spacial score (nSPS) is 25.7. The highest BCUT2D eigenvalue weighted by molar-refractivity contribution is 5.77. The summed E-state index contributed by atoms with van der Waals surface area (Å²) in [6.07, 6.45) is 3.12. The van der Waals surface area contributed by atoms with E-state index in [1.807, 2.05) is 13.8 Å². The van der Waals surface area contributed by atoms with Gasteiger partial charge in [-0.05, 0) is 39.8 Å². The summed E-state index contributed by atoms with van der Waals surface area (Å²) in [6, 6.07) is 0. The van der Waals surface area contributed by atoms with E-state index < -0.39 is 0 Å². The number of carbonyl (C=O) groups is 1. The van der Waals surface area contributed by atoms with Gasteiger partial charge in [0.1, 0.15) is 6.61 Å². The average molecular weight is 270 g/mol. The van der Waals surface area contributed by atoms with Crippen LogP contribution in [0.2, 0.25) is 0 Å². The standard InChI is InChI=1S/C14H26N2O3/c1-3-16(4-2)13(17)11-18-12-9-14(19-10-12)5-7-15-8-6-14/h12,15H,3-11H2,1-2H3. The molecule has 1 spiro atoms. The van der Waals surface area contributed by atoms with Crippen LogP contribution in [0.1, 0.15) is 33.1 Å². The first kappa shape index (κ1) is 14.8. The summed E-state index contributed by atoms with van der Waals surface area (Å²) in [6.45, 7) is 8.32. The van der Waals surface area contributed by atoms with Crippen LogP contribution >= 0.6 is 0 Å². The molecule has 1 unspecified atom stereocenters. The van der Waals surface area contributed by atoms with Crippen molar-refractivity contribution in [3.8, 4) is 0 Å². The predicted octanol–water partition coefficient (Wildman–Crippen LogP) is 0.783. The second-order valence-electron chi connectivity index (χ2n) is 5.45. The fourth-order valence-electron chi connectivity index (χ4n) is 3.00. The highest BCUT2D eigenvalue weighted by Gasteiger charge is 2.41. The Labute approximate surface area is 115 Å². The average Bonchev–Trinajstić information content (AvgIpc) is 2.82. The number of piperidine rings is 1. The van der Waals surface area contributed by atoms with Crippen molar-refractivity contribution in [3.05, 3.63) is 0 Å². The predicted molar refractivity (Wildman–Crippen MR) is 73.1 cm³/mol. The molecule has 0 radical (unpaired) electrons. The van der Waals surface area contributed by atoms with Gasteiger partial charge in [0.05, 0.1) is 18.3 Å². The zero-order chi connectivity index (χ0) is 13.7. The molecule has 2 fully saturated rings. The van der Waals surface area contributed by atoms with E-state index in [9.17, 15) is 4.79 Å². The Balaban J connectivity index is 1.74. The van der Waals surface area contributed by atoms with Crippen LogP contribution in [0.15, 0.2) is 0 Å². The van der Waals surface area contributed by atoms with Crippen LogP contribution < -0.4 is 5.32 Å². The molecule has 0 aromatic rings. The molecule has 0 saturated carbocycles. The van der Waals surface area contributed by atoms with Crippen molar-refractivity contribution in [1.29, 1.82) is 0 Å². The van der Waals surface area contributed by atoms with Gasteiger partial charge < -0.3 is 19.7 Å². The van der Waals surface area contributed by atoms with Crippen molar-refractivity contribution in [2.24, 2.45) is 0 Å². The molecule has 110 valence electrons. The summed E-state index contributed by atoms with van der Waals surface area (Å²) in [5.41, 5.74) is 0.00810. The Morgan fingerprint density at radius 2 is 2.05 bits per heavy atom. The van der Waals surface area contributed by atoms with Crippen molar-refractivity contribution in [2.75, 3.05) is 39.4 Å². The Morgan fingerprint density at radius 3 is 2.68 bits per heavy atom. The number of likely N-dealkylation sites (N-methyl/N-ethyl adjacent to an activating group) is 1. The first-order chi connectivity index (χ1) is 9.19. The molecule has 2 aliphatic rings. The van der Waals surface area contributed by atoms with E-state index in [1.54, 1.807) is 4.90 Å². The summed E-state index contributed by atoms with van der Waals surface area (Å²) >= 11 is 0. The Hall–Kier alpha value is -0.650. The Morgan fingerprint density at radius 1 is 1.37 bits per heavy atom. The van der Waals surface area contributed by atoms with Gasteiger partial charge in [-0.1, -0.05) is 0 Å². The van der Waals surface area contributed by atoms with E-state index in [2.05, 4.69) is 5.32 Å². The molecule has 2 saturated heterocycles. The molecule has 1 N–H and O–H groups in total. The number of carbonyl (C=O) groups excluding carboxylic acids is 1.